The van der Waals surface area contributed by atoms with E-state index in [0.717, 1.165) is 5.39 Å². The Morgan fingerprint density at radius 1 is 1.17 bits per heavy atom. The van der Waals surface area contributed by atoms with Crippen LogP contribution in [-0.4, -0.2) is 23.2 Å². The van der Waals surface area contributed by atoms with Crippen LogP contribution >= 0.6 is 0 Å². The molecule has 0 unspecified atom stereocenters. The smallest absolute Gasteiger partial charge is 0.272 e. The minimum absolute atomic E-state index is 0.216. The number of nitrogens with one attached hydrogen (secondary N) is 2. The first kappa shape index (κ1) is 14.8. The van der Waals surface area contributed by atoms with Gasteiger partial charge in [0.25, 0.3) is 11.5 Å². The van der Waals surface area contributed by atoms with Crippen molar-refractivity contribution in [3.05, 3.63) is 70.1 Å². The van der Waals surface area contributed by atoms with Gasteiger partial charge in [-0.25, -0.2) is 5.10 Å². The van der Waals surface area contributed by atoms with E-state index in [1.165, 1.54) is 0 Å². The predicted octanol–water partition coefficient (Wildman–Crippen LogP) is 1.86. The molecule has 0 saturated carbocycles. The first-order chi connectivity index (χ1) is 11.2. The molecule has 0 saturated heterocycles. The van der Waals surface area contributed by atoms with Crippen LogP contribution in [0, 0.1) is 0 Å². The minimum Gasteiger partial charge on any atom is -0.497 e. The number of carbonyl (C=O) groups is 1. The van der Waals surface area contributed by atoms with E-state index in [-0.39, 0.29) is 18.0 Å². The molecule has 6 nitrogen and oxygen atoms in total. The van der Waals surface area contributed by atoms with Crippen molar-refractivity contribution in [2.45, 2.75) is 6.54 Å². The van der Waals surface area contributed by atoms with E-state index >= 15 is 0 Å². The molecule has 0 spiro atoms. The molecule has 1 amide bonds. The van der Waals surface area contributed by atoms with Gasteiger partial charge in [-0.2, -0.15) is 5.10 Å². The fourth-order valence-corrected chi connectivity index (χ4v) is 2.34. The Morgan fingerprint density at radius 3 is 2.74 bits per heavy atom. The van der Waals surface area contributed by atoms with Gasteiger partial charge >= 0.3 is 0 Å². The molecule has 0 aliphatic rings. The average molecular weight is 309 g/mol. The van der Waals surface area contributed by atoms with Crippen molar-refractivity contribution in [2.24, 2.45) is 0 Å². The normalized spacial score (nSPS) is 10.5. The Labute approximate surface area is 132 Å². The summed E-state index contributed by atoms with van der Waals surface area (Å²) in [6.45, 7) is 0.216. The third-order valence-corrected chi connectivity index (χ3v) is 3.52. The lowest BCUT2D eigenvalue weighted by Gasteiger charge is -2.08. The summed E-state index contributed by atoms with van der Waals surface area (Å²) in [5.74, 6) is 0.381. The lowest BCUT2D eigenvalue weighted by atomic mass is 10.1. The molecule has 0 radical (unpaired) electrons. The Kier molecular flexibility index (Phi) is 4.05. The number of H-pyrrole nitrogens is 1. The summed E-state index contributed by atoms with van der Waals surface area (Å²) in [5, 5.41) is 10.5. The number of rotatable bonds is 4. The van der Waals surface area contributed by atoms with Crippen molar-refractivity contribution in [3.63, 3.8) is 0 Å². The van der Waals surface area contributed by atoms with Gasteiger partial charge in [0.05, 0.1) is 24.7 Å². The van der Waals surface area contributed by atoms with Gasteiger partial charge in [-0.1, -0.05) is 24.3 Å². The number of carbonyl (C=O) groups excluding carboxylic acids is 1. The van der Waals surface area contributed by atoms with Gasteiger partial charge in [-0.3, -0.25) is 9.59 Å². The zero-order valence-electron chi connectivity index (χ0n) is 12.5. The van der Waals surface area contributed by atoms with Crippen LogP contribution in [0.25, 0.3) is 10.8 Å². The van der Waals surface area contributed by atoms with Crippen LogP contribution in [0.4, 0.5) is 0 Å². The van der Waals surface area contributed by atoms with E-state index in [1.807, 2.05) is 12.1 Å². The van der Waals surface area contributed by atoms with Gasteiger partial charge in [0.1, 0.15) is 5.75 Å². The first-order valence-corrected chi connectivity index (χ1v) is 7.07. The van der Waals surface area contributed by atoms with Gasteiger partial charge in [-0.05, 0) is 24.3 Å². The quantitative estimate of drug-likeness (QED) is 0.770. The highest BCUT2D eigenvalue weighted by Crippen LogP contribution is 2.14. The molecule has 0 aliphatic heterocycles. The lowest BCUT2D eigenvalue weighted by molar-refractivity contribution is 0.0950. The summed E-state index contributed by atoms with van der Waals surface area (Å²) in [6.07, 6.45) is 0. The summed E-state index contributed by atoms with van der Waals surface area (Å²) in [4.78, 5) is 24.0. The summed E-state index contributed by atoms with van der Waals surface area (Å²) in [7, 11) is 1.55. The summed E-state index contributed by atoms with van der Waals surface area (Å²) >= 11 is 0. The third kappa shape index (κ3) is 3.06. The Hall–Kier alpha value is -3.15. The molecule has 0 fully saturated rings. The van der Waals surface area contributed by atoms with E-state index in [1.54, 1.807) is 43.5 Å². The molecule has 2 aromatic carbocycles. The van der Waals surface area contributed by atoms with Gasteiger partial charge in [0, 0.05) is 10.9 Å². The zero-order valence-corrected chi connectivity index (χ0v) is 12.5. The van der Waals surface area contributed by atoms with Crippen LogP contribution in [0.2, 0.25) is 0 Å². The molecule has 116 valence electrons. The van der Waals surface area contributed by atoms with E-state index in [2.05, 4.69) is 15.5 Å². The van der Waals surface area contributed by atoms with Crippen molar-refractivity contribution in [1.29, 1.82) is 0 Å². The molecule has 0 bridgehead atoms. The fourth-order valence-electron chi connectivity index (χ4n) is 2.34. The van der Waals surface area contributed by atoms with E-state index in [0.29, 0.717) is 22.4 Å². The molecule has 3 aromatic rings. The largest absolute Gasteiger partial charge is 0.497 e. The van der Waals surface area contributed by atoms with Crippen LogP contribution in [0.3, 0.4) is 0 Å². The van der Waals surface area contributed by atoms with Crippen molar-refractivity contribution in [2.75, 3.05) is 7.11 Å². The molecular formula is C17H15N3O3. The maximum absolute atomic E-state index is 12.2. The summed E-state index contributed by atoms with van der Waals surface area (Å²) < 4.78 is 5.11. The maximum atomic E-state index is 12.2. The van der Waals surface area contributed by atoms with Gasteiger partial charge in [0.2, 0.25) is 0 Å². The Balaban J connectivity index is 1.82. The van der Waals surface area contributed by atoms with Crippen molar-refractivity contribution < 1.29 is 9.53 Å². The lowest BCUT2D eigenvalue weighted by Crippen LogP contribution is -2.24. The molecule has 2 N–H and O–H groups in total. The first-order valence-electron chi connectivity index (χ1n) is 7.07. The standard InChI is InChI=1S/C17H15N3O3/c1-23-12-6-4-5-11(9-12)16(21)18-10-15-13-7-2-3-8-14(13)17(22)20-19-15/h2-9H,10H2,1H3,(H,18,21)(H,20,22). The topological polar surface area (TPSA) is 84.1 Å². The van der Waals surface area contributed by atoms with Gasteiger partial charge < -0.3 is 10.1 Å². The summed E-state index contributed by atoms with van der Waals surface area (Å²) in [6, 6.07) is 14.0. The number of hydrogen-bond acceptors (Lipinski definition) is 4. The van der Waals surface area contributed by atoms with Crippen LogP contribution < -0.4 is 15.6 Å². The SMILES string of the molecule is COc1cccc(C(=O)NCc2n[nH]c(=O)c3ccccc23)c1. The molecule has 6 heteroatoms. The second kappa shape index (κ2) is 6.31. The second-order valence-corrected chi connectivity index (χ2v) is 4.96. The van der Waals surface area contributed by atoms with Gasteiger partial charge in [0.15, 0.2) is 0 Å². The number of methoxy groups -OCH3 is 1. The highest BCUT2D eigenvalue weighted by atomic mass is 16.5. The van der Waals surface area contributed by atoms with Gasteiger partial charge in [-0.15, -0.1) is 0 Å². The van der Waals surface area contributed by atoms with Crippen molar-refractivity contribution >= 4 is 16.7 Å². The molecule has 23 heavy (non-hydrogen) atoms. The molecule has 0 aliphatic carbocycles. The number of fused-ring (bicyclic) bond motifs is 1. The van der Waals surface area contributed by atoms with Crippen LogP contribution in [0.15, 0.2) is 53.3 Å². The van der Waals surface area contributed by atoms with Crippen molar-refractivity contribution in [3.8, 4) is 5.75 Å². The Morgan fingerprint density at radius 2 is 1.96 bits per heavy atom. The van der Waals surface area contributed by atoms with Crippen molar-refractivity contribution in [1.82, 2.24) is 15.5 Å². The minimum atomic E-state index is -0.247. The molecular weight excluding hydrogens is 294 g/mol. The van der Waals surface area contributed by atoms with E-state index in [9.17, 15) is 9.59 Å². The molecule has 1 aromatic heterocycles. The number of amides is 1. The number of ether oxygens (including phenoxy) is 1. The molecule has 1 heterocycles. The monoisotopic (exact) mass is 309 g/mol. The number of hydrogen-bond donors (Lipinski definition) is 2. The number of nitrogens with zero attached hydrogens (tertiary/aromatic N) is 1. The highest BCUT2D eigenvalue weighted by molar-refractivity contribution is 5.94. The molecule has 0 atom stereocenters. The number of benzene rings is 2. The predicted molar refractivity (Wildman–Crippen MR) is 86.5 cm³/mol. The van der Waals surface area contributed by atoms with E-state index in [4.69, 9.17) is 4.74 Å². The van der Waals surface area contributed by atoms with Crippen LogP contribution in [-0.2, 0) is 6.54 Å². The second-order valence-electron chi connectivity index (χ2n) is 4.96. The summed E-state index contributed by atoms with van der Waals surface area (Å²) in [5.41, 5.74) is 0.859. The molecule has 3 rings (SSSR count). The third-order valence-electron chi connectivity index (χ3n) is 3.52. The number of aromatic amines is 1. The zero-order chi connectivity index (χ0) is 16.2. The van der Waals surface area contributed by atoms with E-state index < -0.39 is 0 Å². The Bertz CT molecular complexity index is 918. The highest BCUT2D eigenvalue weighted by Gasteiger charge is 2.10. The average Bonchev–Trinajstić information content (AvgIpc) is 2.61. The fraction of sp³-hybridized carbons (Fsp3) is 0.118. The van der Waals surface area contributed by atoms with Crippen LogP contribution in [0.1, 0.15) is 16.1 Å². The van der Waals surface area contributed by atoms with Crippen LogP contribution in [0.5, 0.6) is 5.75 Å². The number of aromatic nitrogens is 2. The maximum Gasteiger partial charge on any atom is 0.272 e.